The van der Waals surface area contributed by atoms with Crippen molar-refractivity contribution < 1.29 is 23.8 Å². The Labute approximate surface area is 205 Å². The van der Waals surface area contributed by atoms with Crippen molar-refractivity contribution >= 4 is 17.5 Å². The number of aliphatic imine (C=N–C) groups is 1. The highest BCUT2D eigenvalue weighted by atomic mass is 19.1. The van der Waals surface area contributed by atoms with E-state index in [1.54, 1.807) is 23.0 Å². The number of halogens is 1. The maximum atomic E-state index is 14.9. The number of allylic oxidation sites excluding steroid dienone is 3. The molecule has 190 valence electrons. The molecule has 1 amide bonds. The van der Waals surface area contributed by atoms with E-state index in [-0.39, 0.29) is 11.9 Å². The molecule has 0 aromatic carbocycles. The molecular weight excluding hydrogens is 453 g/mol. The highest BCUT2D eigenvalue weighted by Gasteiger charge is 2.29. The number of hydrogen-bond donors (Lipinski definition) is 1. The van der Waals surface area contributed by atoms with Gasteiger partial charge in [0.1, 0.15) is 11.9 Å². The van der Waals surface area contributed by atoms with Crippen molar-refractivity contribution in [1.82, 2.24) is 19.7 Å². The van der Waals surface area contributed by atoms with Crippen molar-refractivity contribution in [2.75, 3.05) is 46.4 Å². The minimum Gasteiger partial charge on any atom is -0.471 e. The summed E-state index contributed by atoms with van der Waals surface area (Å²) in [5.41, 5.74) is 1.49. The van der Waals surface area contributed by atoms with Gasteiger partial charge in [-0.1, -0.05) is 26.0 Å². The monoisotopic (exact) mass is 487 g/mol. The van der Waals surface area contributed by atoms with Crippen LogP contribution in [-0.2, 0) is 4.74 Å². The van der Waals surface area contributed by atoms with Crippen LogP contribution in [-0.4, -0.2) is 89.3 Å². The lowest BCUT2D eigenvalue weighted by Crippen LogP contribution is -2.51. The Morgan fingerprint density at radius 1 is 1.29 bits per heavy atom. The number of piperazine rings is 1. The average molecular weight is 488 g/mol. The summed E-state index contributed by atoms with van der Waals surface area (Å²) >= 11 is 0. The first kappa shape index (κ1) is 26.2. The van der Waals surface area contributed by atoms with Gasteiger partial charge in [0.25, 0.3) is 0 Å². The fourth-order valence-electron chi connectivity index (χ4n) is 4.01. The van der Waals surface area contributed by atoms with E-state index < -0.39 is 11.9 Å². The Morgan fingerprint density at radius 2 is 2.03 bits per heavy atom. The molecule has 2 fully saturated rings. The fourth-order valence-corrected chi connectivity index (χ4v) is 4.01. The molecule has 0 bridgehead atoms. The van der Waals surface area contributed by atoms with Crippen molar-refractivity contribution in [3.05, 3.63) is 53.9 Å². The van der Waals surface area contributed by atoms with Gasteiger partial charge in [0.15, 0.2) is 11.7 Å². The molecule has 3 aliphatic rings. The van der Waals surface area contributed by atoms with E-state index >= 15 is 0 Å². The summed E-state index contributed by atoms with van der Waals surface area (Å²) < 4.78 is 26.5. The summed E-state index contributed by atoms with van der Waals surface area (Å²) in [5, 5.41) is 9.19. The van der Waals surface area contributed by atoms with Crippen LogP contribution in [0.25, 0.3) is 5.57 Å². The maximum absolute atomic E-state index is 14.9. The molecular formula is C25H34FN5O4. The van der Waals surface area contributed by atoms with Gasteiger partial charge in [-0.3, -0.25) is 0 Å². The molecule has 1 N–H and O–H groups in total. The number of hydrogen-bond acceptors (Lipinski definition) is 7. The van der Waals surface area contributed by atoms with Crippen LogP contribution >= 0.6 is 0 Å². The number of aromatic nitrogens is 1. The van der Waals surface area contributed by atoms with E-state index in [1.807, 2.05) is 45.1 Å². The smallest absolute Gasteiger partial charge is 0.407 e. The summed E-state index contributed by atoms with van der Waals surface area (Å²) in [6.07, 6.45) is 6.62. The summed E-state index contributed by atoms with van der Waals surface area (Å²) in [4.78, 5) is 25.1. The highest BCUT2D eigenvalue weighted by molar-refractivity contribution is 5.99. The Hall–Kier alpha value is -3.40. The van der Waals surface area contributed by atoms with E-state index in [2.05, 4.69) is 9.98 Å². The number of ether oxygens (including phenoxy) is 2. The number of nitrogens with zero attached hydrogens (tertiary/aromatic N) is 5. The lowest BCUT2D eigenvalue weighted by atomic mass is 10.1. The SMILES string of the molecule is C/C=C/C(=C1/N=C(N2CCN(C(=O)O)CC2)C(F)=CN1C)c1cccnc1OC1CCOC1.CC. The molecule has 0 radical (unpaired) electrons. The van der Waals surface area contributed by atoms with Gasteiger partial charge in [0.2, 0.25) is 5.88 Å². The predicted molar refractivity (Wildman–Crippen MR) is 133 cm³/mol. The summed E-state index contributed by atoms with van der Waals surface area (Å²) in [5.74, 6) is 0.760. The number of amidine groups is 1. The zero-order valence-electron chi connectivity index (χ0n) is 20.8. The van der Waals surface area contributed by atoms with Crippen LogP contribution in [0.15, 0.2) is 53.3 Å². The normalized spacial score (nSPS) is 21.9. The van der Waals surface area contributed by atoms with E-state index in [9.17, 15) is 14.3 Å². The highest BCUT2D eigenvalue weighted by Crippen LogP contribution is 2.33. The topological polar surface area (TPSA) is 90.7 Å². The second-order valence-electron chi connectivity index (χ2n) is 7.98. The molecule has 0 saturated carbocycles. The first-order valence-corrected chi connectivity index (χ1v) is 12.0. The Kier molecular flexibility index (Phi) is 9.25. The molecule has 1 unspecified atom stereocenters. The lowest BCUT2D eigenvalue weighted by molar-refractivity contribution is 0.124. The van der Waals surface area contributed by atoms with Crippen molar-refractivity contribution in [2.24, 2.45) is 4.99 Å². The van der Waals surface area contributed by atoms with Crippen molar-refractivity contribution in [3.8, 4) is 5.88 Å². The van der Waals surface area contributed by atoms with Gasteiger partial charge >= 0.3 is 6.09 Å². The van der Waals surface area contributed by atoms with E-state index in [0.717, 1.165) is 17.6 Å². The summed E-state index contributed by atoms with van der Waals surface area (Å²) in [7, 11) is 1.74. The number of amides is 1. The van der Waals surface area contributed by atoms with Crippen LogP contribution in [0, 0.1) is 0 Å². The first-order valence-electron chi connectivity index (χ1n) is 12.0. The maximum Gasteiger partial charge on any atom is 0.407 e. The standard InChI is InChI=1S/C23H28FN5O4.C2H6/c1-3-5-17(18-6-4-8-25-22(18)33-16-7-13-32-15-16)20-26-21(19(24)14-27(20)2)28-9-11-29(12-10-28)23(30)31;1-2/h3-6,8,14,16H,7,9-13,15H2,1-2H3,(H,30,31);1-2H3/b5-3+,20-17+;. The zero-order valence-corrected chi connectivity index (χ0v) is 20.8. The molecule has 35 heavy (non-hydrogen) atoms. The van der Waals surface area contributed by atoms with Crippen LogP contribution in [0.1, 0.15) is 32.8 Å². The quantitative estimate of drug-likeness (QED) is 0.687. The molecule has 1 atom stereocenters. The third-order valence-corrected chi connectivity index (χ3v) is 5.72. The minimum absolute atomic E-state index is 0.0680. The van der Waals surface area contributed by atoms with E-state index in [0.29, 0.717) is 51.1 Å². The number of pyridine rings is 1. The molecule has 2 saturated heterocycles. The van der Waals surface area contributed by atoms with Gasteiger partial charge in [-0.2, -0.15) is 0 Å². The van der Waals surface area contributed by atoms with Crippen LogP contribution in [0.3, 0.4) is 0 Å². The predicted octanol–water partition coefficient (Wildman–Crippen LogP) is 3.97. The van der Waals surface area contributed by atoms with Gasteiger partial charge in [-0.05, 0) is 19.1 Å². The van der Waals surface area contributed by atoms with Gasteiger partial charge in [0.05, 0.1) is 13.2 Å². The lowest BCUT2D eigenvalue weighted by Gasteiger charge is -2.36. The second kappa shape index (κ2) is 12.3. The largest absolute Gasteiger partial charge is 0.471 e. The third-order valence-electron chi connectivity index (χ3n) is 5.72. The van der Waals surface area contributed by atoms with E-state index in [4.69, 9.17) is 9.47 Å². The van der Waals surface area contributed by atoms with Crippen LogP contribution in [0.4, 0.5) is 9.18 Å². The number of rotatable bonds is 4. The van der Waals surface area contributed by atoms with Crippen molar-refractivity contribution in [1.29, 1.82) is 0 Å². The molecule has 0 spiro atoms. The second-order valence-corrected chi connectivity index (χ2v) is 7.98. The molecule has 10 heteroatoms. The minimum atomic E-state index is -0.969. The van der Waals surface area contributed by atoms with Gasteiger partial charge in [-0.25, -0.2) is 19.2 Å². The first-order chi connectivity index (χ1) is 17.0. The Bertz CT molecular complexity index is 1010. The molecule has 1 aromatic rings. The third kappa shape index (κ3) is 6.19. The molecule has 0 aliphatic carbocycles. The summed E-state index contributed by atoms with van der Waals surface area (Å²) in [6, 6.07) is 3.73. The van der Waals surface area contributed by atoms with Crippen molar-refractivity contribution in [2.45, 2.75) is 33.3 Å². The van der Waals surface area contributed by atoms with Crippen LogP contribution in [0.2, 0.25) is 0 Å². The molecule has 4 heterocycles. The molecule has 9 nitrogen and oxygen atoms in total. The Balaban J connectivity index is 0.00000167. The molecule has 3 aliphatic heterocycles. The average Bonchev–Trinajstić information content (AvgIpc) is 3.38. The van der Waals surface area contributed by atoms with Crippen LogP contribution in [0.5, 0.6) is 5.88 Å². The van der Waals surface area contributed by atoms with Crippen molar-refractivity contribution in [3.63, 3.8) is 0 Å². The fraction of sp³-hybridized carbons (Fsp3) is 0.480. The zero-order chi connectivity index (χ0) is 25.4. The molecule has 4 rings (SSSR count). The van der Waals surface area contributed by atoms with E-state index in [1.165, 1.54) is 11.1 Å². The number of carbonyl (C=O) groups is 1. The Morgan fingerprint density at radius 3 is 2.66 bits per heavy atom. The van der Waals surface area contributed by atoms with Crippen LogP contribution < -0.4 is 4.74 Å². The van der Waals surface area contributed by atoms with Gasteiger partial charge < -0.3 is 29.3 Å². The van der Waals surface area contributed by atoms with Gasteiger partial charge in [0, 0.05) is 63.2 Å². The number of carboxylic acid groups (broad SMARTS) is 1. The van der Waals surface area contributed by atoms with Gasteiger partial charge in [-0.15, -0.1) is 0 Å². The summed E-state index contributed by atoms with van der Waals surface area (Å²) in [6.45, 7) is 8.40. The molecule has 1 aromatic heterocycles.